The van der Waals surface area contributed by atoms with Crippen LogP contribution in [-0.2, 0) is 4.74 Å². The van der Waals surface area contributed by atoms with Gasteiger partial charge in [0, 0.05) is 0 Å². The summed E-state index contributed by atoms with van der Waals surface area (Å²) >= 11 is 0. The summed E-state index contributed by atoms with van der Waals surface area (Å²) in [6.45, 7) is 4.01. The molecule has 1 atom stereocenters. The average molecular weight is 270 g/mol. The van der Waals surface area contributed by atoms with Crippen LogP contribution < -0.4 is 0 Å². The molecule has 4 heteroatoms. The predicted molar refractivity (Wildman–Crippen MR) is 75.5 cm³/mol. The van der Waals surface area contributed by atoms with Crippen LogP contribution in [-0.4, -0.2) is 21.1 Å². The molecule has 1 unspecified atom stereocenters. The first-order valence-corrected chi connectivity index (χ1v) is 6.89. The molecule has 0 amide bonds. The van der Waals surface area contributed by atoms with Gasteiger partial charge in [0.25, 0.3) is 0 Å². The molecule has 1 fully saturated rings. The Bertz CT molecular complexity index is 614. The SMILES string of the molecule is CC(c1ccccc1)n1cncc1C(=O)OC1(C)CC1. The van der Waals surface area contributed by atoms with Gasteiger partial charge in [-0.1, -0.05) is 30.3 Å². The summed E-state index contributed by atoms with van der Waals surface area (Å²) in [6, 6.07) is 10.1. The summed E-state index contributed by atoms with van der Waals surface area (Å²) in [5, 5.41) is 0. The second kappa shape index (κ2) is 4.78. The normalized spacial score (nSPS) is 17.5. The van der Waals surface area contributed by atoms with Crippen LogP contribution >= 0.6 is 0 Å². The fraction of sp³-hybridized carbons (Fsp3) is 0.375. The van der Waals surface area contributed by atoms with E-state index in [1.165, 1.54) is 0 Å². The molecule has 20 heavy (non-hydrogen) atoms. The molecule has 3 rings (SSSR count). The minimum Gasteiger partial charge on any atom is -0.455 e. The molecule has 1 heterocycles. The quantitative estimate of drug-likeness (QED) is 0.801. The highest BCUT2D eigenvalue weighted by Crippen LogP contribution is 2.39. The maximum atomic E-state index is 12.2. The molecule has 0 aliphatic heterocycles. The lowest BCUT2D eigenvalue weighted by molar-refractivity contribution is 0.0263. The monoisotopic (exact) mass is 270 g/mol. The second-order valence-electron chi connectivity index (χ2n) is 5.61. The molecule has 1 saturated carbocycles. The lowest BCUT2D eigenvalue weighted by Gasteiger charge is -2.17. The molecule has 2 aromatic rings. The third-order valence-corrected chi connectivity index (χ3v) is 3.87. The molecular weight excluding hydrogens is 252 g/mol. The summed E-state index contributed by atoms with van der Waals surface area (Å²) in [6.07, 6.45) is 5.15. The number of hydrogen-bond acceptors (Lipinski definition) is 3. The van der Waals surface area contributed by atoms with Crippen molar-refractivity contribution in [3.63, 3.8) is 0 Å². The number of imidazole rings is 1. The maximum absolute atomic E-state index is 12.2. The van der Waals surface area contributed by atoms with Gasteiger partial charge in [0.05, 0.1) is 18.6 Å². The third-order valence-electron chi connectivity index (χ3n) is 3.87. The van der Waals surface area contributed by atoms with Crippen LogP contribution in [0.25, 0.3) is 0 Å². The van der Waals surface area contributed by atoms with Crippen molar-refractivity contribution in [3.8, 4) is 0 Å². The van der Waals surface area contributed by atoms with Gasteiger partial charge >= 0.3 is 5.97 Å². The van der Waals surface area contributed by atoms with E-state index < -0.39 is 0 Å². The molecule has 1 aliphatic rings. The number of benzene rings is 1. The topological polar surface area (TPSA) is 44.1 Å². The van der Waals surface area contributed by atoms with Crippen molar-refractivity contribution >= 4 is 5.97 Å². The van der Waals surface area contributed by atoms with E-state index in [0.29, 0.717) is 5.69 Å². The fourth-order valence-corrected chi connectivity index (χ4v) is 2.22. The third kappa shape index (κ3) is 2.46. The van der Waals surface area contributed by atoms with Gasteiger partial charge in [-0.15, -0.1) is 0 Å². The van der Waals surface area contributed by atoms with Crippen molar-refractivity contribution < 1.29 is 9.53 Å². The molecule has 1 aliphatic carbocycles. The Morgan fingerprint density at radius 3 is 2.70 bits per heavy atom. The lowest BCUT2D eigenvalue weighted by atomic mass is 10.1. The van der Waals surface area contributed by atoms with Crippen LogP contribution in [0.5, 0.6) is 0 Å². The van der Waals surface area contributed by atoms with Crippen LogP contribution in [0.15, 0.2) is 42.9 Å². The van der Waals surface area contributed by atoms with E-state index in [1.807, 2.05) is 48.7 Å². The van der Waals surface area contributed by atoms with Crippen molar-refractivity contribution in [1.29, 1.82) is 0 Å². The van der Waals surface area contributed by atoms with E-state index in [9.17, 15) is 4.79 Å². The Labute approximate surface area is 118 Å². The highest BCUT2D eigenvalue weighted by Gasteiger charge is 2.42. The van der Waals surface area contributed by atoms with E-state index in [-0.39, 0.29) is 17.6 Å². The number of aromatic nitrogens is 2. The van der Waals surface area contributed by atoms with Gasteiger partial charge < -0.3 is 9.30 Å². The Balaban J connectivity index is 1.84. The zero-order valence-corrected chi connectivity index (χ0v) is 11.7. The number of hydrogen-bond donors (Lipinski definition) is 0. The van der Waals surface area contributed by atoms with E-state index >= 15 is 0 Å². The number of nitrogens with zero attached hydrogens (tertiary/aromatic N) is 2. The number of carbonyl (C=O) groups is 1. The number of ether oxygens (including phenoxy) is 1. The molecular formula is C16H18N2O2. The summed E-state index contributed by atoms with van der Waals surface area (Å²) in [7, 11) is 0. The van der Waals surface area contributed by atoms with Crippen molar-refractivity contribution in [2.45, 2.75) is 38.3 Å². The van der Waals surface area contributed by atoms with Crippen LogP contribution in [0, 0.1) is 0 Å². The van der Waals surface area contributed by atoms with Crippen molar-refractivity contribution in [3.05, 3.63) is 54.1 Å². The Kier molecular flexibility index (Phi) is 3.08. The highest BCUT2D eigenvalue weighted by molar-refractivity contribution is 5.88. The van der Waals surface area contributed by atoms with E-state index in [2.05, 4.69) is 4.98 Å². The van der Waals surface area contributed by atoms with Crippen LogP contribution in [0.1, 0.15) is 48.8 Å². The Hall–Kier alpha value is -2.10. The van der Waals surface area contributed by atoms with Gasteiger partial charge in [0.2, 0.25) is 0 Å². The largest absolute Gasteiger partial charge is 0.455 e. The molecule has 1 aromatic heterocycles. The summed E-state index contributed by atoms with van der Waals surface area (Å²) in [5.41, 5.74) is 1.38. The predicted octanol–water partition coefficient (Wildman–Crippen LogP) is 3.20. The number of esters is 1. The lowest BCUT2D eigenvalue weighted by Crippen LogP contribution is -2.20. The van der Waals surface area contributed by atoms with Gasteiger partial charge in [-0.05, 0) is 32.3 Å². The molecule has 1 aromatic carbocycles. The molecule has 0 radical (unpaired) electrons. The van der Waals surface area contributed by atoms with Crippen LogP contribution in [0.2, 0.25) is 0 Å². The molecule has 4 nitrogen and oxygen atoms in total. The zero-order valence-electron chi connectivity index (χ0n) is 11.7. The van der Waals surface area contributed by atoms with Gasteiger partial charge in [-0.3, -0.25) is 0 Å². The van der Waals surface area contributed by atoms with Gasteiger partial charge in [-0.25, -0.2) is 9.78 Å². The van der Waals surface area contributed by atoms with Crippen LogP contribution in [0.4, 0.5) is 0 Å². The standard InChI is InChI=1S/C16H18N2O2/c1-12(13-6-4-3-5-7-13)18-11-17-10-14(18)15(19)20-16(2)8-9-16/h3-7,10-12H,8-9H2,1-2H3. The first-order valence-electron chi connectivity index (χ1n) is 6.89. The Morgan fingerprint density at radius 2 is 2.05 bits per heavy atom. The van der Waals surface area contributed by atoms with E-state index in [0.717, 1.165) is 18.4 Å². The fourth-order valence-electron chi connectivity index (χ4n) is 2.22. The summed E-state index contributed by atoms with van der Waals surface area (Å²) in [4.78, 5) is 16.3. The van der Waals surface area contributed by atoms with Crippen molar-refractivity contribution in [2.75, 3.05) is 0 Å². The summed E-state index contributed by atoms with van der Waals surface area (Å²) in [5.74, 6) is -0.287. The van der Waals surface area contributed by atoms with Gasteiger partial charge in [0.15, 0.2) is 0 Å². The molecule has 0 saturated heterocycles. The maximum Gasteiger partial charge on any atom is 0.357 e. The van der Waals surface area contributed by atoms with E-state index in [1.54, 1.807) is 12.5 Å². The molecule has 104 valence electrons. The first-order chi connectivity index (χ1) is 9.59. The Morgan fingerprint density at radius 1 is 1.35 bits per heavy atom. The van der Waals surface area contributed by atoms with Crippen molar-refractivity contribution in [1.82, 2.24) is 9.55 Å². The zero-order chi connectivity index (χ0) is 14.2. The number of rotatable bonds is 4. The first kappa shape index (κ1) is 12.9. The van der Waals surface area contributed by atoms with Crippen LogP contribution in [0.3, 0.4) is 0 Å². The smallest absolute Gasteiger partial charge is 0.357 e. The van der Waals surface area contributed by atoms with E-state index in [4.69, 9.17) is 4.74 Å². The molecule has 0 bridgehead atoms. The van der Waals surface area contributed by atoms with Crippen molar-refractivity contribution in [2.24, 2.45) is 0 Å². The second-order valence-corrected chi connectivity index (χ2v) is 5.61. The molecule has 0 N–H and O–H groups in total. The minimum atomic E-state index is -0.287. The van der Waals surface area contributed by atoms with Gasteiger partial charge in [-0.2, -0.15) is 0 Å². The molecule has 0 spiro atoms. The summed E-state index contributed by atoms with van der Waals surface area (Å²) < 4.78 is 7.38. The highest BCUT2D eigenvalue weighted by atomic mass is 16.6. The average Bonchev–Trinajstić information content (AvgIpc) is 3.00. The van der Waals surface area contributed by atoms with Gasteiger partial charge in [0.1, 0.15) is 11.3 Å². The number of carbonyl (C=O) groups excluding carboxylic acids is 1. The minimum absolute atomic E-state index is 0.0493.